The molecule has 1 fully saturated rings. The second kappa shape index (κ2) is 8.06. The smallest absolute Gasteiger partial charge is 0.226 e. The molecule has 0 spiro atoms. The Morgan fingerprint density at radius 3 is 2.78 bits per heavy atom. The van der Waals surface area contributed by atoms with Crippen LogP contribution in [0.1, 0.15) is 44.2 Å². The molecule has 2 N–H and O–H groups in total. The zero-order valence-corrected chi connectivity index (χ0v) is 13.9. The van der Waals surface area contributed by atoms with Gasteiger partial charge in [0.2, 0.25) is 5.91 Å². The molecule has 1 aliphatic rings. The van der Waals surface area contributed by atoms with Crippen LogP contribution in [-0.4, -0.2) is 21.9 Å². The summed E-state index contributed by atoms with van der Waals surface area (Å²) in [5.41, 5.74) is 0.805. The topological polar surface area (TPSA) is 66.9 Å². The van der Waals surface area contributed by atoms with Gasteiger partial charge in [0.1, 0.15) is 5.82 Å². The maximum atomic E-state index is 12.2. The van der Waals surface area contributed by atoms with Crippen LogP contribution in [0.3, 0.4) is 0 Å². The predicted octanol–water partition coefficient (Wildman–Crippen LogP) is 3.66. The Bertz CT molecular complexity index is 621. The van der Waals surface area contributed by atoms with Crippen LogP contribution in [0.15, 0.2) is 29.8 Å². The molecule has 0 aromatic carbocycles. The van der Waals surface area contributed by atoms with E-state index in [9.17, 15) is 4.79 Å². The van der Waals surface area contributed by atoms with Crippen LogP contribution in [0.5, 0.6) is 0 Å². The summed E-state index contributed by atoms with van der Waals surface area (Å²) in [6.07, 6.45) is 9.32. The molecule has 122 valence electrons. The lowest BCUT2D eigenvalue weighted by Gasteiger charge is -2.15. The van der Waals surface area contributed by atoms with Crippen LogP contribution in [-0.2, 0) is 11.2 Å². The highest BCUT2D eigenvalue weighted by Gasteiger charge is 2.15. The van der Waals surface area contributed by atoms with Gasteiger partial charge < -0.3 is 10.6 Å². The highest BCUT2D eigenvalue weighted by molar-refractivity contribution is 7.13. The molecule has 1 saturated carbocycles. The van der Waals surface area contributed by atoms with Crippen molar-refractivity contribution in [1.82, 2.24) is 15.3 Å². The molecular weight excluding hydrogens is 308 g/mol. The van der Waals surface area contributed by atoms with E-state index >= 15 is 0 Å². The maximum Gasteiger partial charge on any atom is 0.226 e. The number of hydrogen-bond donors (Lipinski definition) is 2. The number of pyridine rings is 1. The number of nitrogens with zero attached hydrogens (tertiary/aromatic N) is 2. The standard InChI is InChI=1S/C17H22N4OS/c22-16(19-13-7-3-1-2-4-8-13)11-14-12-23-17(20-14)21-15-9-5-6-10-18-15/h5-6,9-10,12-13H,1-4,7-8,11H2,(H,19,22)(H,18,20,21). The molecule has 0 aliphatic heterocycles. The molecule has 0 radical (unpaired) electrons. The number of rotatable bonds is 5. The van der Waals surface area contributed by atoms with E-state index in [4.69, 9.17) is 0 Å². The molecule has 6 heteroatoms. The van der Waals surface area contributed by atoms with E-state index in [1.54, 1.807) is 6.20 Å². The molecular formula is C17H22N4OS. The first kappa shape index (κ1) is 15.9. The van der Waals surface area contributed by atoms with Gasteiger partial charge in [-0.2, -0.15) is 0 Å². The van der Waals surface area contributed by atoms with Crippen LogP contribution in [0, 0.1) is 0 Å². The van der Waals surface area contributed by atoms with E-state index in [0.29, 0.717) is 12.5 Å². The summed E-state index contributed by atoms with van der Waals surface area (Å²) in [7, 11) is 0. The Balaban J connectivity index is 1.51. The van der Waals surface area contributed by atoms with Crippen LogP contribution in [0.4, 0.5) is 10.9 Å². The van der Waals surface area contributed by atoms with Crippen molar-refractivity contribution in [3.63, 3.8) is 0 Å². The minimum absolute atomic E-state index is 0.0755. The fraction of sp³-hybridized carbons (Fsp3) is 0.471. The van der Waals surface area contributed by atoms with Crippen molar-refractivity contribution < 1.29 is 4.79 Å². The monoisotopic (exact) mass is 330 g/mol. The number of nitrogens with one attached hydrogen (secondary N) is 2. The van der Waals surface area contributed by atoms with Gasteiger partial charge in [-0.25, -0.2) is 9.97 Å². The molecule has 1 aliphatic carbocycles. The van der Waals surface area contributed by atoms with Crippen molar-refractivity contribution in [3.8, 4) is 0 Å². The number of anilines is 2. The third kappa shape index (κ3) is 5.03. The van der Waals surface area contributed by atoms with Crippen LogP contribution >= 0.6 is 11.3 Å². The lowest BCUT2D eigenvalue weighted by molar-refractivity contribution is -0.121. The van der Waals surface area contributed by atoms with Crippen molar-refractivity contribution in [2.24, 2.45) is 0 Å². The first-order valence-corrected chi connectivity index (χ1v) is 9.09. The molecule has 0 bridgehead atoms. The summed E-state index contributed by atoms with van der Waals surface area (Å²) in [6, 6.07) is 6.02. The Labute approximate surface area is 140 Å². The van der Waals surface area contributed by atoms with E-state index < -0.39 is 0 Å². The highest BCUT2D eigenvalue weighted by Crippen LogP contribution is 2.20. The van der Waals surface area contributed by atoms with Gasteiger partial charge in [0.05, 0.1) is 12.1 Å². The molecule has 23 heavy (non-hydrogen) atoms. The van der Waals surface area contributed by atoms with Gasteiger partial charge >= 0.3 is 0 Å². The van der Waals surface area contributed by atoms with E-state index in [0.717, 1.165) is 29.5 Å². The second-order valence-electron chi connectivity index (χ2n) is 5.92. The van der Waals surface area contributed by atoms with Crippen LogP contribution < -0.4 is 10.6 Å². The average molecular weight is 330 g/mol. The Morgan fingerprint density at radius 2 is 2.04 bits per heavy atom. The van der Waals surface area contributed by atoms with Crippen molar-refractivity contribution in [3.05, 3.63) is 35.5 Å². The Kier molecular flexibility index (Phi) is 5.58. The van der Waals surface area contributed by atoms with Gasteiger partial charge in [0.15, 0.2) is 5.13 Å². The SMILES string of the molecule is O=C(Cc1csc(Nc2ccccn2)n1)NC1CCCCCC1. The highest BCUT2D eigenvalue weighted by atomic mass is 32.1. The average Bonchev–Trinajstić information content (AvgIpc) is 2.82. The molecule has 1 amide bonds. The summed E-state index contributed by atoms with van der Waals surface area (Å²) >= 11 is 1.49. The normalized spacial score (nSPS) is 15.8. The molecule has 5 nitrogen and oxygen atoms in total. The molecule has 3 rings (SSSR count). The second-order valence-corrected chi connectivity index (χ2v) is 6.77. The van der Waals surface area contributed by atoms with E-state index in [-0.39, 0.29) is 5.91 Å². The van der Waals surface area contributed by atoms with E-state index in [1.165, 1.54) is 37.0 Å². The number of amides is 1. The lowest BCUT2D eigenvalue weighted by Crippen LogP contribution is -2.35. The van der Waals surface area contributed by atoms with Gasteiger partial charge in [0, 0.05) is 17.6 Å². The van der Waals surface area contributed by atoms with Crippen LogP contribution in [0.2, 0.25) is 0 Å². The molecule has 2 heterocycles. The fourth-order valence-corrected chi connectivity index (χ4v) is 3.58. The lowest BCUT2D eigenvalue weighted by atomic mass is 10.1. The van der Waals surface area contributed by atoms with E-state index in [2.05, 4.69) is 20.6 Å². The molecule has 0 unspecified atom stereocenters. The summed E-state index contributed by atoms with van der Waals surface area (Å²) in [5, 5.41) is 9.00. The zero-order chi connectivity index (χ0) is 15.9. The first-order chi connectivity index (χ1) is 11.3. The first-order valence-electron chi connectivity index (χ1n) is 8.21. The van der Waals surface area contributed by atoms with Gasteiger partial charge in [-0.15, -0.1) is 11.3 Å². The largest absolute Gasteiger partial charge is 0.353 e. The van der Waals surface area contributed by atoms with E-state index in [1.807, 2.05) is 23.6 Å². The van der Waals surface area contributed by atoms with Crippen molar-refractivity contribution in [2.45, 2.75) is 51.0 Å². The van der Waals surface area contributed by atoms with Gasteiger partial charge in [-0.1, -0.05) is 31.7 Å². The number of carbonyl (C=O) groups is 1. The van der Waals surface area contributed by atoms with Crippen molar-refractivity contribution in [1.29, 1.82) is 0 Å². The maximum absolute atomic E-state index is 12.2. The summed E-state index contributed by atoms with van der Waals surface area (Å²) in [5.74, 6) is 0.836. The van der Waals surface area contributed by atoms with Crippen molar-refractivity contribution in [2.75, 3.05) is 5.32 Å². The number of aromatic nitrogens is 2. The summed E-state index contributed by atoms with van der Waals surface area (Å²) in [4.78, 5) is 20.9. The molecule has 0 atom stereocenters. The van der Waals surface area contributed by atoms with Crippen LogP contribution in [0.25, 0.3) is 0 Å². The number of thiazole rings is 1. The molecule has 0 saturated heterocycles. The zero-order valence-electron chi connectivity index (χ0n) is 13.1. The number of hydrogen-bond acceptors (Lipinski definition) is 5. The Morgan fingerprint density at radius 1 is 1.22 bits per heavy atom. The minimum Gasteiger partial charge on any atom is -0.353 e. The third-order valence-corrected chi connectivity index (χ3v) is 4.82. The van der Waals surface area contributed by atoms with Gasteiger partial charge in [-0.3, -0.25) is 4.79 Å². The number of carbonyl (C=O) groups excluding carboxylic acids is 1. The quantitative estimate of drug-likeness (QED) is 0.821. The summed E-state index contributed by atoms with van der Waals surface area (Å²) in [6.45, 7) is 0. The molecule has 2 aromatic heterocycles. The third-order valence-electron chi connectivity index (χ3n) is 4.01. The molecule has 2 aromatic rings. The van der Waals surface area contributed by atoms with Gasteiger partial charge in [0.25, 0.3) is 0 Å². The van der Waals surface area contributed by atoms with Crippen molar-refractivity contribution >= 4 is 28.2 Å². The van der Waals surface area contributed by atoms with Gasteiger partial charge in [-0.05, 0) is 25.0 Å². The fourth-order valence-electron chi connectivity index (χ4n) is 2.86. The Hall–Kier alpha value is -1.95. The minimum atomic E-state index is 0.0755. The summed E-state index contributed by atoms with van der Waals surface area (Å²) < 4.78 is 0. The predicted molar refractivity (Wildman–Crippen MR) is 93.0 cm³/mol.